The van der Waals surface area contributed by atoms with Crippen LogP contribution in [0.5, 0.6) is 0 Å². The van der Waals surface area contributed by atoms with Gasteiger partial charge in [-0.2, -0.15) is 5.26 Å². The first-order valence-electron chi connectivity index (χ1n) is 13.0. The topological polar surface area (TPSA) is 91.4 Å². The van der Waals surface area contributed by atoms with Crippen LogP contribution < -0.4 is 11.1 Å². The third-order valence-corrected chi connectivity index (χ3v) is 7.41. The summed E-state index contributed by atoms with van der Waals surface area (Å²) in [6, 6.07) is 21.7. The van der Waals surface area contributed by atoms with Crippen LogP contribution in [0.3, 0.4) is 0 Å². The van der Waals surface area contributed by atoms with Crippen LogP contribution in [0.2, 0.25) is 0 Å². The summed E-state index contributed by atoms with van der Waals surface area (Å²) in [5.74, 6) is -0.243. The number of benzene rings is 3. The average molecular weight is 523 g/mol. The molecule has 1 unspecified atom stereocenters. The molecule has 5 rings (SSSR count). The molecule has 3 N–H and O–H groups in total. The summed E-state index contributed by atoms with van der Waals surface area (Å²) in [5, 5.41) is 13.0. The summed E-state index contributed by atoms with van der Waals surface area (Å²) in [4.78, 5) is 15.3. The molecular weight excluding hydrogens is 491 g/mol. The van der Waals surface area contributed by atoms with Crippen LogP contribution in [-0.4, -0.2) is 22.9 Å². The maximum Gasteiger partial charge on any atom is 0.258 e. The second-order valence-electron chi connectivity index (χ2n) is 10.6. The first-order chi connectivity index (χ1) is 18.6. The maximum absolute atomic E-state index is 14.6. The number of likely N-dealkylation sites (tertiary alicyclic amines) is 1. The number of nitrogens with zero attached hydrogens (tertiary/aromatic N) is 2. The first kappa shape index (κ1) is 26.2. The Morgan fingerprint density at radius 3 is 2.69 bits per heavy atom. The Hall–Kier alpha value is -4.41. The Morgan fingerprint density at radius 2 is 2.00 bits per heavy atom. The van der Waals surface area contributed by atoms with Crippen LogP contribution in [0.15, 0.2) is 91.0 Å². The molecule has 1 amide bonds. The lowest BCUT2D eigenvalue weighted by Gasteiger charge is -2.32. The van der Waals surface area contributed by atoms with E-state index in [1.807, 2.05) is 56.3 Å². The highest BCUT2D eigenvalue weighted by atomic mass is 19.1. The van der Waals surface area contributed by atoms with Gasteiger partial charge in [0.2, 0.25) is 5.72 Å². The Kier molecular flexibility index (Phi) is 6.75. The van der Waals surface area contributed by atoms with Crippen LogP contribution in [0, 0.1) is 17.1 Å². The predicted molar refractivity (Wildman–Crippen MR) is 148 cm³/mol. The molecule has 0 spiro atoms. The standard InChI is InChI=1S/C32H31FN4O2/c1-21-9-8-14-37(21)30(38)24-15-23(26-12-7-13-28(33)27(26)19-34)16-25(17-24)32(3)36-20-29(39-32)31(2,35)18-22-10-5-4-6-11-22/h4-7,10-13,15-17,20,36H,1,8-9,14,18,35H2,2-3H3/t31-,32?/m1/s1. The number of ether oxygens (including phenoxy) is 1. The van der Waals surface area contributed by atoms with Gasteiger partial charge in [-0.25, -0.2) is 4.39 Å². The highest BCUT2D eigenvalue weighted by Gasteiger charge is 2.40. The summed E-state index contributed by atoms with van der Waals surface area (Å²) < 4.78 is 21.0. The number of nitriles is 1. The van der Waals surface area contributed by atoms with Crippen molar-refractivity contribution < 1.29 is 13.9 Å². The van der Waals surface area contributed by atoms with E-state index in [1.54, 1.807) is 35.4 Å². The van der Waals surface area contributed by atoms with E-state index in [-0.39, 0.29) is 11.5 Å². The van der Waals surface area contributed by atoms with Gasteiger partial charge in [-0.15, -0.1) is 0 Å². The molecule has 0 aromatic heterocycles. The summed E-state index contributed by atoms with van der Waals surface area (Å²) in [5.41, 5.74) is 8.61. The number of hydrogen-bond donors (Lipinski definition) is 2. The van der Waals surface area contributed by atoms with Gasteiger partial charge in [0.05, 0.1) is 11.1 Å². The van der Waals surface area contributed by atoms with E-state index in [1.165, 1.54) is 6.07 Å². The monoisotopic (exact) mass is 522 g/mol. The van der Waals surface area contributed by atoms with E-state index < -0.39 is 17.1 Å². The summed E-state index contributed by atoms with van der Waals surface area (Å²) in [6.45, 7) is 8.39. The Balaban J connectivity index is 1.54. The lowest BCUT2D eigenvalue weighted by atomic mass is 9.91. The molecule has 7 heteroatoms. The smallest absolute Gasteiger partial charge is 0.258 e. The molecule has 1 fully saturated rings. The van der Waals surface area contributed by atoms with Crippen molar-refractivity contribution in [2.45, 2.75) is 44.4 Å². The number of rotatable bonds is 6. The number of hydrogen-bond acceptors (Lipinski definition) is 5. The van der Waals surface area contributed by atoms with Gasteiger partial charge in [0.1, 0.15) is 17.6 Å². The Labute approximate surface area is 228 Å². The molecule has 2 atom stereocenters. The van der Waals surface area contributed by atoms with Crippen LogP contribution in [0.1, 0.15) is 53.7 Å². The molecule has 0 bridgehead atoms. The maximum atomic E-state index is 14.6. The minimum Gasteiger partial charge on any atom is -0.465 e. The van der Waals surface area contributed by atoms with Gasteiger partial charge in [-0.1, -0.05) is 49.0 Å². The lowest BCUT2D eigenvalue weighted by molar-refractivity contribution is 0.00535. The highest BCUT2D eigenvalue weighted by molar-refractivity contribution is 5.97. The first-order valence-corrected chi connectivity index (χ1v) is 13.0. The van der Waals surface area contributed by atoms with Crippen molar-refractivity contribution in [1.82, 2.24) is 10.2 Å². The number of amides is 1. The van der Waals surface area contributed by atoms with E-state index in [2.05, 4.69) is 11.9 Å². The molecule has 39 heavy (non-hydrogen) atoms. The van der Waals surface area contributed by atoms with Gasteiger partial charge >= 0.3 is 0 Å². The van der Waals surface area contributed by atoms with Crippen molar-refractivity contribution in [1.29, 1.82) is 5.26 Å². The predicted octanol–water partition coefficient (Wildman–Crippen LogP) is 5.71. The van der Waals surface area contributed by atoms with Crippen molar-refractivity contribution in [3.63, 3.8) is 0 Å². The number of nitrogens with one attached hydrogen (secondary N) is 1. The number of carbonyl (C=O) groups excluding carboxylic acids is 1. The van der Waals surface area contributed by atoms with Gasteiger partial charge in [0.15, 0.2) is 0 Å². The molecular formula is C32H31FN4O2. The molecule has 0 aliphatic carbocycles. The van der Waals surface area contributed by atoms with Gasteiger partial charge in [-0.05, 0) is 68.5 Å². The highest BCUT2D eigenvalue weighted by Crippen LogP contribution is 2.38. The number of nitrogens with two attached hydrogens (primary N) is 1. The van der Waals surface area contributed by atoms with Gasteiger partial charge in [0.25, 0.3) is 5.91 Å². The number of carbonyl (C=O) groups is 1. The molecule has 2 aliphatic heterocycles. The summed E-state index contributed by atoms with van der Waals surface area (Å²) in [7, 11) is 0. The molecule has 2 aliphatic rings. The average Bonchev–Trinajstić information content (AvgIpc) is 3.55. The third kappa shape index (κ3) is 5.04. The minimum atomic E-state index is -1.06. The number of allylic oxidation sites excluding steroid dienone is 1. The SMILES string of the molecule is C=C1CCCN1C(=O)c1cc(-c2cccc(F)c2C#N)cc(C2(C)NC=C([C@](C)(N)Cc3ccccc3)O2)c1. The van der Waals surface area contributed by atoms with Crippen molar-refractivity contribution in [2.75, 3.05) is 6.54 Å². The van der Waals surface area contributed by atoms with Gasteiger partial charge in [-0.3, -0.25) is 4.79 Å². The summed E-state index contributed by atoms with van der Waals surface area (Å²) in [6.07, 6.45) is 3.94. The van der Waals surface area contributed by atoms with Crippen LogP contribution in [-0.2, 0) is 16.9 Å². The molecule has 198 valence electrons. The van der Waals surface area contributed by atoms with Crippen LogP contribution in [0.4, 0.5) is 4.39 Å². The van der Waals surface area contributed by atoms with Gasteiger partial charge < -0.3 is 20.7 Å². The molecule has 2 heterocycles. The second kappa shape index (κ2) is 10.0. The van der Waals surface area contributed by atoms with Crippen molar-refractivity contribution >= 4 is 5.91 Å². The zero-order chi connectivity index (χ0) is 27.8. The quantitative estimate of drug-likeness (QED) is 0.433. The molecule has 0 radical (unpaired) electrons. The normalized spacial score (nSPS) is 20.0. The van der Waals surface area contributed by atoms with Crippen molar-refractivity contribution in [2.24, 2.45) is 5.73 Å². The Bertz CT molecular complexity index is 1520. The van der Waals surface area contributed by atoms with E-state index >= 15 is 0 Å². The fourth-order valence-corrected chi connectivity index (χ4v) is 5.21. The zero-order valence-electron chi connectivity index (χ0n) is 22.1. The minimum absolute atomic E-state index is 0.0831. The molecule has 3 aromatic rings. The second-order valence-corrected chi connectivity index (χ2v) is 10.6. The fraction of sp³-hybridized carbons (Fsp3) is 0.250. The number of halogens is 1. The van der Waals surface area contributed by atoms with E-state index in [9.17, 15) is 14.4 Å². The zero-order valence-corrected chi connectivity index (χ0v) is 22.1. The molecule has 1 saturated heterocycles. The lowest BCUT2D eigenvalue weighted by Crippen LogP contribution is -2.42. The van der Waals surface area contributed by atoms with Crippen molar-refractivity contribution in [3.05, 3.63) is 119 Å². The van der Waals surface area contributed by atoms with E-state index in [0.29, 0.717) is 41.0 Å². The molecule has 6 nitrogen and oxygen atoms in total. The fourth-order valence-electron chi connectivity index (χ4n) is 5.21. The van der Waals surface area contributed by atoms with E-state index in [4.69, 9.17) is 10.5 Å². The van der Waals surface area contributed by atoms with E-state index in [0.717, 1.165) is 24.1 Å². The molecule has 0 saturated carbocycles. The molecule has 3 aromatic carbocycles. The Morgan fingerprint density at radius 1 is 1.23 bits per heavy atom. The summed E-state index contributed by atoms with van der Waals surface area (Å²) >= 11 is 0. The van der Waals surface area contributed by atoms with Crippen LogP contribution >= 0.6 is 0 Å². The third-order valence-electron chi connectivity index (χ3n) is 7.41. The van der Waals surface area contributed by atoms with Crippen LogP contribution in [0.25, 0.3) is 11.1 Å². The van der Waals surface area contributed by atoms with Gasteiger partial charge in [0, 0.05) is 35.1 Å². The largest absolute Gasteiger partial charge is 0.465 e. The van der Waals surface area contributed by atoms with Crippen molar-refractivity contribution in [3.8, 4) is 17.2 Å².